The van der Waals surface area contributed by atoms with E-state index in [2.05, 4.69) is 42.4 Å². The molecule has 45 heavy (non-hydrogen) atoms. The van der Waals surface area contributed by atoms with Gasteiger partial charge in [0.15, 0.2) is 5.82 Å². The maximum Gasteiger partial charge on any atom is 0.425 e. The second-order valence-corrected chi connectivity index (χ2v) is 14.9. The number of imide groups is 1. The summed E-state index contributed by atoms with van der Waals surface area (Å²) in [6, 6.07) is 3.44. The van der Waals surface area contributed by atoms with Crippen molar-refractivity contribution in [3.05, 3.63) is 42.0 Å². The Morgan fingerprint density at radius 1 is 1.02 bits per heavy atom. The first kappa shape index (κ1) is 36.1. The molecule has 3 heterocycles. The Morgan fingerprint density at radius 2 is 1.62 bits per heavy atom. The Bertz CT molecular complexity index is 1550. The summed E-state index contributed by atoms with van der Waals surface area (Å²) in [5, 5.41) is 7.46. The summed E-state index contributed by atoms with van der Waals surface area (Å²) in [4.78, 5) is 64.8. The lowest BCUT2D eigenvalue weighted by Gasteiger charge is -2.31. The number of aryl methyl sites for hydroxylation is 1. The summed E-state index contributed by atoms with van der Waals surface area (Å²) in [7, 11) is 0. The van der Waals surface area contributed by atoms with Crippen LogP contribution in [0.5, 0.6) is 0 Å². The van der Waals surface area contributed by atoms with E-state index in [9.17, 15) is 19.2 Å². The topological polar surface area (TPSA) is 149 Å². The number of hydrogen-bond acceptors (Lipinski definition) is 9. The van der Waals surface area contributed by atoms with Crippen molar-refractivity contribution in [3.63, 3.8) is 0 Å². The lowest BCUT2D eigenvalue weighted by Crippen LogP contribution is -2.46. The van der Waals surface area contributed by atoms with Crippen LogP contribution in [-0.4, -0.2) is 65.7 Å². The summed E-state index contributed by atoms with van der Waals surface area (Å²) < 4.78 is 12.6. The van der Waals surface area contributed by atoms with Gasteiger partial charge in [0.05, 0.1) is 35.9 Å². The van der Waals surface area contributed by atoms with Crippen molar-refractivity contribution >= 4 is 74.8 Å². The zero-order chi connectivity index (χ0) is 33.9. The number of halogens is 1. The molecule has 0 aliphatic carbocycles. The van der Waals surface area contributed by atoms with Gasteiger partial charge in [-0.05, 0) is 95.0 Å². The van der Waals surface area contributed by atoms with E-state index in [0.29, 0.717) is 10.6 Å². The van der Waals surface area contributed by atoms with Gasteiger partial charge in [0.2, 0.25) is 0 Å². The molecular weight excluding hydrogens is 712 g/mol. The number of pyridine rings is 2. The maximum absolute atomic E-state index is 13.6. The predicted octanol–water partition coefficient (Wildman–Crippen LogP) is 6.61. The number of anilines is 2. The molecule has 0 saturated heterocycles. The van der Waals surface area contributed by atoms with Gasteiger partial charge in [0.1, 0.15) is 16.7 Å². The van der Waals surface area contributed by atoms with Gasteiger partial charge in [-0.25, -0.2) is 19.0 Å². The molecule has 1 N–H and O–H groups in total. The molecule has 4 amide bonds. The minimum Gasteiger partial charge on any atom is -0.443 e. The van der Waals surface area contributed by atoms with Crippen LogP contribution in [0.1, 0.15) is 73.6 Å². The smallest absolute Gasteiger partial charge is 0.425 e. The van der Waals surface area contributed by atoms with Gasteiger partial charge in [-0.3, -0.25) is 14.6 Å². The molecule has 2 atom stereocenters. The Balaban J connectivity index is 2.05. The van der Waals surface area contributed by atoms with Crippen molar-refractivity contribution in [3.8, 4) is 0 Å². The summed E-state index contributed by atoms with van der Waals surface area (Å²) in [6.45, 7) is 17.9. The van der Waals surface area contributed by atoms with Crippen molar-refractivity contribution < 1.29 is 28.7 Å². The minimum absolute atomic E-state index is 0.0606. The maximum atomic E-state index is 13.6. The van der Waals surface area contributed by atoms with Gasteiger partial charge < -0.3 is 19.7 Å². The quantitative estimate of drug-likeness (QED) is 0.160. The monoisotopic (exact) mass is 753 g/mol. The van der Waals surface area contributed by atoms with E-state index in [1.165, 1.54) is 11.1 Å². The molecule has 13 nitrogen and oxygen atoms in total. The number of ether oxygens (including phenoxy) is 2. The van der Waals surface area contributed by atoms with E-state index in [0.717, 1.165) is 5.56 Å². The molecular formula is C30H41IN7O6P. The van der Waals surface area contributed by atoms with Crippen LogP contribution in [0.4, 0.5) is 21.1 Å². The molecule has 0 radical (unpaired) electrons. The highest BCUT2D eigenvalue weighted by molar-refractivity contribution is 14.2. The molecule has 0 saturated carbocycles. The number of nitrogens with one attached hydrogen (secondary N) is 1. The summed E-state index contributed by atoms with van der Waals surface area (Å²) in [5.74, 6) is -1.68. The van der Waals surface area contributed by atoms with Gasteiger partial charge in [-0.1, -0.05) is 19.9 Å². The van der Waals surface area contributed by atoms with E-state index in [-0.39, 0.29) is 47.3 Å². The number of hydrogen-bond donors (Lipinski definition) is 1. The molecule has 0 bridgehead atoms. The summed E-state index contributed by atoms with van der Waals surface area (Å²) >= 11 is 2.12. The lowest BCUT2D eigenvalue weighted by molar-refractivity contribution is -0.145. The number of nitrogens with zero attached hydrogens (tertiary/aromatic N) is 6. The average molecular weight is 754 g/mol. The molecule has 3 rings (SSSR count). The Morgan fingerprint density at radius 3 is 2.13 bits per heavy atom. The molecule has 3 aromatic heterocycles. The first-order chi connectivity index (χ1) is 20.8. The van der Waals surface area contributed by atoms with Gasteiger partial charge in [0, 0.05) is 18.4 Å². The van der Waals surface area contributed by atoms with Crippen molar-refractivity contribution in [2.24, 2.45) is 5.92 Å². The highest BCUT2D eigenvalue weighted by Gasteiger charge is 2.36. The van der Waals surface area contributed by atoms with Crippen LogP contribution in [0.3, 0.4) is 0 Å². The minimum atomic E-state index is -0.995. The Hall–Kier alpha value is -3.39. The van der Waals surface area contributed by atoms with Gasteiger partial charge in [-0.15, -0.1) is 0 Å². The van der Waals surface area contributed by atoms with Crippen LogP contribution in [0.2, 0.25) is 0 Å². The fourth-order valence-corrected chi connectivity index (χ4v) is 5.14. The SMILES string of the molecule is Cc1cccnc1CN(C(=O)C(=O)Nc1cnc(N(C(=O)OC(C)(C)C)C(=O)OC(C)(C)C)c2cn(PI)nc12)C(C)C(C)C. The molecule has 3 aromatic rings. The van der Waals surface area contributed by atoms with Crippen LogP contribution in [0.25, 0.3) is 10.9 Å². The first-order valence-corrected chi connectivity index (χ1v) is 18.4. The molecule has 0 aliphatic rings. The number of rotatable bonds is 7. The van der Waals surface area contributed by atoms with Crippen LogP contribution < -0.4 is 10.2 Å². The van der Waals surface area contributed by atoms with Crippen LogP contribution in [0.15, 0.2) is 30.7 Å². The van der Waals surface area contributed by atoms with Gasteiger partial charge >= 0.3 is 24.0 Å². The molecule has 2 unspecified atom stereocenters. The average Bonchev–Trinajstić information content (AvgIpc) is 3.36. The van der Waals surface area contributed by atoms with E-state index in [4.69, 9.17) is 9.47 Å². The van der Waals surface area contributed by atoms with Crippen LogP contribution >= 0.6 is 28.4 Å². The highest BCUT2D eigenvalue weighted by Crippen LogP contribution is 2.35. The third kappa shape index (κ3) is 9.32. The van der Waals surface area contributed by atoms with Gasteiger partial charge in [-0.2, -0.15) is 10.00 Å². The van der Waals surface area contributed by atoms with E-state index >= 15 is 0 Å². The van der Waals surface area contributed by atoms with E-state index in [1.54, 1.807) is 58.4 Å². The number of amides is 4. The Kier molecular flexibility index (Phi) is 11.5. The fourth-order valence-electron chi connectivity index (χ4n) is 4.08. The number of fused-ring (bicyclic) bond motifs is 1. The Labute approximate surface area is 278 Å². The number of aromatic nitrogens is 4. The van der Waals surface area contributed by atoms with E-state index in [1.807, 2.05) is 39.8 Å². The largest absolute Gasteiger partial charge is 0.443 e. The van der Waals surface area contributed by atoms with E-state index < -0.39 is 35.2 Å². The van der Waals surface area contributed by atoms with Crippen molar-refractivity contribution in [1.29, 1.82) is 0 Å². The summed E-state index contributed by atoms with van der Waals surface area (Å²) in [6.07, 6.45) is 2.64. The first-order valence-electron chi connectivity index (χ1n) is 14.4. The third-order valence-corrected chi connectivity index (χ3v) is 8.46. The van der Waals surface area contributed by atoms with Crippen LogP contribution in [-0.2, 0) is 25.6 Å². The van der Waals surface area contributed by atoms with Crippen LogP contribution in [0, 0.1) is 12.8 Å². The zero-order valence-electron chi connectivity index (χ0n) is 27.3. The second kappa shape index (κ2) is 14.4. The second-order valence-electron chi connectivity index (χ2n) is 12.9. The standard InChI is InChI=1S/C30H41IN7O6P/c1-17(2)19(4)36(16-22-18(3)12-11-13-32-22)26(40)25(39)34-21-14-33-24(20-15-37(45-31)35-23(20)21)38(27(41)43-29(5,6)7)28(42)44-30(8,9)10/h11-15,17,19,45H,16H2,1-10H3,(H,34,39). The molecule has 0 fully saturated rings. The molecule has 244 valence electrons. The lowest BCUT2D eigenvalue weighted by atomic mass is 10.0. The molecule has 15 heteroatoms. The zero-order valence-corrected chi connectivity index (χ0v) is 30.4. The van der Waals surface area contributed by atoms with Gasteiger partial charge in [0.25, 0.3) is 0 Å². The molecule has 0 aliphatic heterocycles. The third-order valence-electron chi connectivity index (χ3n) is 6.57. The van der Waals surface area contributed by atoms with Crippen molar-refractivity contribution in [1.82, 2.24) is 24.4 Å². The molecule has 0 spiro atoms. The number of carbonyl (C=O) groups is 4. The normalized spacial score (nSPS) is 12.8. The summed E-state index contributed by atoms with van der Waals surface area (Å²) in [5.41, 5.74) is 0.0754. The predicted molar refractivity (Wildman–Crippen MR) is 183 cm³/mol. The van der Waals surface area contributed by atoms with Crippen molar-refractivity contribution in [2.75, 3.05) is 10.2 Å². The fraction of sp³-hybridized carbons (Fsp3) is 0.500. The highest BCUT2D eigenvalue weighted by atomic mass is 127. The molecule has 0 aromatic carbocycles. The van der Waals surface area contributed by atoms with Crippen molar-refractivity contribution in [2.45, 2.75) is 93.0 Å². The number of carbonyl (C=O) groups excluding carboxylic acids is 4.